The zero-order valence-corrected chi connectivity index (χ0v) is 16.1. The molecule has 3 aromatic rings. The predicted molar refractivity (Wildman–Crippen MR) is 103 cm³/mol. The molecule has 0 atom stereocenters. The van der Waals surface area contributed by atoms with Gasteiger partial charge in [-0.1, -0.05) is 23.5 Å². The highest BCUT2D eigenvalue weighted by atomic mass is 32.2. The van der Waals surface area contributed by atoms with Gasteiger partial charge in [-0.15, -0.1) is 10.2 Å². The van der Waals surface area contributed by atoms with E-state index in [0.29, 0.717) is 11.0 Å². The molecule has 1 aliphatic carbocycles. The molecule has 2 N–H and O–H groups in total. The van der Waals surface area contributed by atoms with Crippen molar-refractivity contribution in [2.24, 2.45) is 0 Å². The second kappa shape index (κ2) is 7.28. The van der Waals surface area contributed by atoms with Crippen molar-refractivity contribution in [1.29, 1.82) is 0 Å². The molecule has 0 unspecified atom stereocenters. The number of aromatic nitrogens is 2. The van der Waals surface area contributed by atoms with Crippen LogP contribution < -0.4 is 10.0 Å². The van der Waals surface area contributed by atoms with Crippen molar-refractivity contribution in [3.63, 3.8) is 0 Å². The maximum absolute atomic E-state index is 13.1. The molecule has 0 bridgehead atoms. The lowest BCUT2D eigenvalue weighted by atomic mass is 10.2. The van der Waals surface area contributed by atoms with Gasteiger partial charge in [-0.3, -0.25) is 14.8 Å². The van der Waals surface area contributed by atoms with Gasteiger partial charge in [0.1, 0.15) is 10.8 Å². The third-order valence-corrected chi connectivity index (χ3v) is 6.51. The van der Waals surface area contributed by atoms with Gasteiger partial charge in [-0.25, -0.2) is 12.8 Å². The lowest BCUT2D eigenvalue weighted by Gasteiger charge is -2.12. The highest BCUT2D eigenvalue weighted by molar-refractivity contribution is 7.92. The molecule has 1 amide bonds. The number of nitrogens with zero attached hydrogens (tertiary/aromatic N) is 2. The number of nitrogens with one attached hydrogen (secondary N) is 2. The van der Waals surface area contributed by atoms with Gasteiger partial charge in [0.05, 0.1) is 16.1 Å². The number of amides is 1. The van der Waals surface area contributed by atoms with Crippen LogP contribution in [-0.4, -0.2) is 24.5 Å². The Morgan fingerprint density at radius 2 is 1.79 bits per heavy atom. The van der Waals surface area contributed by atoms with Gasteiger partial charge in [0.15, 0.2) is 0 Å². The molecule has 144 valence electrons. The molecule has 0 aliphatic heterocycles. The fourth-order valence-corrected chi connectivity index (χ4v) is 4.52. The molecule has 1 saturated carbocycles. The molecule has 0 radical (unpaired) electrons. The predicted octanol–water partition coefficient (Wildman–Crippen LogP) is 3.61. The molecule has 1 aromatic heterocycles. The van der Waals surface area contributed by atoms with Gasteiger partial charge in [0, 0.05) is 5.92 Å². The number of rotatable bonds is 6. The Morgan fingerprint density at radius 3 is 2.50 bits per heavy atom. The van der Waals surface area contributed by atoms with Crippen LogP contribution in [0.5, 0.6) is 0 Å². The van der Waals surface area contributed by atoms with Crippen LogP contribution in [0.15, 0.2) is 53.4 Å². The molecule has 7 nitrogen and oxygen atoms in total. The maximum Gasteiger partial charge on any atom is 0.261 e. The quantitative estimate of drug-likeness (QED) is 0.637. The second-order valence-electron chi connectivity index (χ2n) is 6.28. The van der Waals surface area contributed by atoms with Crippen LogP contribution in [0.2, 0.25) is 0 Å². The number of benzene rings is 2. The Morgan fingerprint density at radius 1 is 1.07 bits per heavy atom. The van der Waals surface area contributed by atoms with Crippen molar-refractivity contribution in [3.8, 4) is 0 Å². The number of anilines is 2. The highest BCUT2D eigenvalue weighted by Gasteiger charge is 2.28. The summed E-state index contributed by atoms with van der Waals surface area (Å²) in [6.07, 6.45) is 2.16. The molecule has 0 saturated heterocycles. The number of sulfonamides is 1. The van der Waals surface area contributed by atoms with Crippen LogP contribution in [0.3, 0.4) is 0 Å². The SMILES string of the molecule is O=C(Nc1nnc(C2CC2)s1)c1ccccc1NS(=O)(=O)c1ccc(F)cc1. The van der Waals surface area contributed by atoms with Crippen LogP contribution >= 0.6 is 11.3 Å². The Balaban J connectivity index is 1.55. The smallest absolute Gasteiger partial charge is 0.261 e. The second-order valence-corrected chi connectivity index (χ2v) is 8.97. The summed E-state index contributed by atoms with van der Waals surface area (Å²) in [7, 11) is -3.98. The van der Waals surface area contributed by atoms with Crippen molar-refractivity contribution < 1.29 is 17.6 Å². The minimum Gasteiger partial charge on any atom is -0.296 e. The minimum atomic E-state index is -3.98. The molecule has 1 fully saturated rings. The molecular weight excluding hydrogens is 403 g/mol. The highest BCUT2D eigenvalue weighted by Crippen LogP contribution is 2.42. The van der Waals surface area contributed by atoms with Crippen molar-refractivity contribution in [3.05, 3.63) is 64.9 Å². The first-order chi connectivity index (χ1) is 13.4. The molecule has 0 spiro atoms. The number of carbonyl (C=O) groups is 1. The van der Waals surface area contributed by atoms with E-state index in [-0.39, 0.29) is 16.1 Å². The number of halogens is 1. The van der Waals surface area contributed by atoms with E-state index in [9.17, 15) is 17.6 Å². The first kappa shape index (κ1) is 18.5. The first-order valence-corrected chi connectivity index (χ1v) is 10.7. The summed E-state index contributed by atoms with van der Waals surface area (Å²) < 4.78 is 40.5. The third kappa shape index (κ3) is 4.02. The lowest BCUT2D eigenvalue weighted by molar-refractivity contribution is 0.102. The van der Waals surface area contributed by atoms with E-state index in [1.807, 2.05) is 0 Å². The third-order valence-electron chi connectivity index (χ3n) is 4.13. The summed E-state index contributed by atoms with van der Waals surface area (Å²) in [6.45, 7) is 0. The van der Waals surface area contributed by atoms with Crippen molar-refractivity contribution in [2.75, 3.05) is 10.0 Å². The fraction of sp³-hybridized carbons (Fsp3) is 0.167. The molecule has 10 heteroatoms. The minimum absolute atomic E-state index is 0.108. The monoisotopic (exact) mass is 418 g/mol. The van der Waals surface area contributed by atoms with Crippen LogP contribution in [0.1, 0.15) is 34.1 Å². The summed E-state index contributed by atoms with van der Waals surface area (Å²) in [5.41, 5.74) is 0.243. The van der Waals surface area contributed by atoms with E-state index >= 15 is 0 Å². The lowest BCUT2D eigenvalue weighted by Crippen LogP contribution is -2.18. The zero-order chi connectivity index (χ0) is 19.7. The Hall–Kier alpha value is -2.85. The number of carbonyl (C=O) groups excluding carboxylic acids is 1. The molecule has 28 heavy (non-hydrogen) atoms. The average Bonchev–Trinajstić information content (AvgIpc) is 3.42. The van der Waals surface area contributed by atoms with Crippen molar-refractivity contribution in [1.82, 2.24) is 10.2 Å². The van der Waals surface area contributed by atoms with E-state index in [1.54, 1.807) is 12.1 Å². The Labute approximate surface area is 164 Å². The largest absolute Gasteiger partial charge is 0.296 e. The summed E-state index contributed by atoms with van der Waals surface area (Å²) >= 11 is 1.32. The van der Waals surface area contributed by atoms with Gasteiger partial charge in [0.25, 0.3) is 15.9 Å². The molecule has 1 aliphatic rings. The molecule has 4 rings (SSSR count). The van der Waals surface area contributed by atoms with Crippen molar-refractivity contribution in [2.45, 2.75) is 23.7 Å². The fourth-order valence-electron chi connectivity index (χ4n) is 2.53. The number of para-hydroxylation sites is 1. The van der Waals surface area contributed by atoms with E-state index in [4.69, 9.17) is 0 Å². The first-order valence-electron chi connectivity index (χ1n) is 8.44. The molecule has 2 aromatic carbocycles. The zero-order valence-electron chi connectivity index (χ0n) is 14.4. The summed E-state index contributed by atoms with van der Waals surface area (Å²) in [4.78, 5) is 12.5. The van der Waals surface area contributed by atoms with Crippen LogP contribution in [0, 0.1) is 5.82 Å². The van der Waals surface area contributed by atoms with Gasteiger partial charge in [-0.05, 0) is 49.2 Å². The number of hydrogen-bond acceptors (Lipinski definition) is 6. The standard InChI is InChI=1S/C18H15FN4O3S2/c19-12-7-9-13(10-8-12)28(25,26)23-15-4-2-1-3-14(15)16(24)20-18-22-21-17(27-18)11-5-6-11/h1-4,7-11,23H,5-6H2,(H,20,22,24). The number of hydrogen-bond donors (Lipinski definition) is 2. The Kier molecular flexibility index (Phi) is 4.82. The molecular formula is C18H15FN4O3S2. The van der Waals surface area contributed by atoms with E-state index in [0.717, 1.165) is 42.1 Å². The van der Waals surface area contributed by atoms with Crippen LogP contribution in [0.25, 0.3) is 0 Å². The summed E-state index contributed by atoms with van der Waals surface area (Å²) in [5.74, 6) is -0.616. The van der Waals surface area contributed by atoms with Gasteiger partial charge < -0.3 is 0 Å². The summed E-state index contributed by atoms with van der Waals surface area (Å²) in [5, 5.41) is 11.9. The van der Waals surface area contributed by atoms with Gasteiger partial charge in [0.2, 0.25) is 5.13 Å². The molecule has 1 heterocycles. The van der Waals surface area contributed by atoms with Crippen LogP contribution in [0.4, 0.5) is 15.2 Å². The normalized spacial score (nSPS) is 13.9. The van der Waals surface area contributed by atoms with Crippen LogP contribution in [-0.2, 0) is 10.0 Å². The van der Waals surface area contributed by atoms with E-state index < -0.39 is 21.7 Å². The summed E-state index contributed by atoms with van der Waals surface area (Å²) in [6, 6.07) is 10.6. The van der Waals surface area contributed by atoms with E-state index in [2.05, 4.69) is 20.2 Å². The van der Waals surface area contributed by atoms with Gasteiger partial charge in [-0.2, -0.15) is 0 Å². The maximum atomic E-state index is 13.1. The van der Waals surface area contributed by atoms with E-state index in [1.165, 1.54) is 23.5 Å². The Bertz CT molecular complexity index is 1130. The van der Waals surface area contributed by atoms with Gasteiger partial charge >= 0.3 is 0 Å². The average molecular weight is 418 g/mol. The van der Waals surface area contributed by atoms with Crippen molar-refractivity contribution >= 4 is 38.1 Å². The topological polar surface area (TPSA) is 101 Å².